The van der Waals surface area contributed by atoms with Crippen LogP contribution in [-0.4, -0.2) is 22.7 Å². The van der Waals surface area contributed by atoms with Crippen molar-refractivity contribution in [3.63, 3.8) is 0 Å². The van der Waals surface area contributed by atoms with Crippen LogP contribution < -0.4 is 4.90 Å². The average Bonchev–Trinajstić information content (AvgIpc) is 3.18. The lowest BCUT2D eigenvalue weighted by Crippen LogP contribution is -2.35. The maximum absolute atomic E-state index is 2.52. The third-order valence-corrected chi connectivity index (χ3v) is 6.36. The summed E-state index contributed by atoms with van der Waals surface area (Å²) in [6.07, 6.45) is 4.67. The van der Waals surface area contributed by atoms with Crippen molar-refractivity contribution >= 4 is 16.7 Å². The van der Waals surface area contributed by atoms with Gasteiger partial charge in [0.25, 0.3) is 0 Å². The Morgan fingerprint density at radius 2 is 1.45 bits per heavy atom. The first-order chi connectivity index (χ1) is 13.8. The Labute approximate surface area is 175 Å². The van der Waals surface area contributed by atoms with Crippen LogP contribution >= 0.6 is 0 Å². The number of aromatic nitrogens is 1. The first-order valence-corrected chi connectivity index (χ1v) is 10.7. The van der Waals surface area contributed by atoms with Crippen LogP contribution in [0, 0.1) is 6.92 Å². The molecule has 0 aliphatic carbocycles. The van der Waals surface area contributed by atoms with Gasteiger partial charge >= 0.3 is 0 Å². The fourth-order valence-electron chi connectivity index (χ4n) is 4.56. The van der Waals surface area contributed by atoms with Gasteiger partial charge in [0.15, 0.2) is 0 Å². The second kappa shape index (κ2) is 7.29. The molecule has 0 N–H and O–H groups in total. The summed E-state index contributed by atoms with van der Waals surface area (Å²) in [6.45, 7) is 13.7. The third kappa shape index (κ3) is 3.04. The topological polar surface area (TPSA) is 11.4 Å². The molecule has 4 rings (SSSR count). The molecule has 0 fully saturated rings. The van der Waals surface area contributed by atoms with E-state index in [4.69, 9.17) is 0 Å². The molecular weight excluding hydrogens is 354 g/mol. The van der Waals surface area contributed by atoms with Crippen molar-refractivity contribution in [2.24, 2.45) is 0 Å². The summed E-state index contributed by atoms with van der Waals surface area (Å²) in [5.41, 5.74) is 6.78. The largest absolute Gasteiger partial charge is 0.359 e. The van der Waals surface area contributed by atoms with E-state index in [1.165, 1.54) is 39.1 Å². The van der Waals surface area contributed by atoms with Crippen molar-refractivity contribution in [2.45, 2.75) is 59.5 Å². The smallest absolute Gasteiger partial charge is 0.123 e. The van der Waals surface area contributed by atoms with Gasteiger partial charge in [0.2, 0.25) is 0 Å². The molecule has 0 radical (unpaired) electrons. The highest BCUT2D eigenvalue weighted by atomic mass is 15.4. The van der Waals surface area contributed by atoms with Gasteiger partial charge in [-0.1, -0.05) is 64.1 Å². The molecular formula is C26H33N3. The molecule has 0 amide bonds. The van der Waals surface area contributed by atoms with Gasteiger partial charge < -0.3 is 9.80 Å². The molecule has 0 bridgehead atoms. The van der Waals surface area contributed by atoms with Gasteiger partial charge in [-0.15, -0.1) is 0 Å². The number of hydrogen-bond donors (Lipinski definition) is 0. The molecule has 3 heteroatoms. The standard InChI is InChI=1S/C26H33N3/c1-17(2)21-12-10-13-22(18(3)4)25(21)29-24-14-9-8-11-23(24)19(5)26(29)28-16-15-27(7)20(28)6/h8-18,20H,1-7H3/t20-/m0/s1. The lowest BCUT2D eigenvalue weighted by atomic mass is 9.92. The summed E-state index contributed by atoms with van der Waals surface area (Å²) in [5, 5.41) is 1.32. The minimum absolute atomic E-state index is 0.283. The summed E-state index contributed by atoms with van der Waals surface area (Å²) < 4.78 is 2.52. The van der Waals surface area contributed by atoms with Gasteiger partial charge in [-0.2, -0.15) is 0 Å². The molecule has 1 aliphatic rings. The second-order valence-corrected chi connectivity index (χ2v) is 8.90. The molecule has 0 unspecified atom stereocenters. The van der Waals surface area contributed by atoms with Crippen LogP contribution in [0.25, 0.3) is 16.6 Å². The number of rotatable bonds is 4. The van der Waals surface area contributed by atoms with Crippen LogP contribution in [0.3, 0.4) is 0 Å². The maximum Gasteiger partial charge on any atom is 0.123 e. The van der Waals surface area contributed by atoms with Gasteiger partial charge in [0.05, 0.1) is 11.2 Å². The number of anilines is 1. The molecule has 0 saturated carbocycles. The first-order valence-electron chi connectivity index (χ1n) is 10.7. The monoisotopic (exact) mass is 387 g/mol. The van der Waals surface area contributed by atoms with Crippen LogP contribution in [0.5, 0.6) is 0 Å². The Hall–Kier alpha value is -2.68. The van der Waals surface area contributed by atoms with Crippen LogP contribution in [0.15, 0.2) is 54.9 Å². The minimum Gasteiger partial charge on any atom is -0.359 e. The van der Waals surface area contributed by atoms with E-state index in [2.05, 4.69) is 118 Å². The highest BCUT2D eigenvalue weighted by Crippen LogP contribution is 2.42. The fourth-order valence-corrected chi connectivity index (χ4v) is 4.56. The van der Waals surface area contributed by atoms with Gasteiger partial charge in [0, 0.05) is 24.8 Å². The van der Waals surface area contributed by atoms with Gasteiger partial charge in [-0.05, 0) is 48.4 Å². The van der Waals surface area contributed by atoms with Gasteiger partial charge in [0.1, 0.15) is 12.0 Å². The predicted octanol–water partition coefficient (Wildman–Crippen LogP) is 6.75. The van der Waals surface area contributed by atoms with Gasteiger partial charge in [-0.3, -0.25) is 4.57 Å². The van der Waals surface area contributed by atoms with Gasteiger partial charge in [-0.25, -0.2) is 0 Å². The quantitative estimate of drug-likeness (QED) is 0.490. The molecule has 2 aromatic carbocycles. The number of para-hydroxylation sites is 2. The van der Waals surface area contributed by atoms with Crippen molar-refractivity contribution in [3.8, 4) is 5.69 Å². The van der Waals surface area contributed by atoms with E-state index >= 15 is 0 Å². The minimum atomic E-state index is 0.283. The van der Waals surface area contributed by atoms with Crippen molar-refractivity contribution in [3.05, 3.63) is 71.6 Å². The van der Waals surface area contributed by atoms with E-state index in [1.807, 2.05) is 0 Å². The molecule has 152 valence electrons. The zero-order chi connectivity index (χ0) is 20.9. The number of benzene rings is 2. The van der Waals surface area contributed by atoms with Crippen LogP contribution in [-0.2, 0) is 0 Å². The summed E-state index contributed by atoms with van der Waals surface area (Å²) in [7, 11) is 2.14. The second-order valence-electron chi connectivity index (χ2n) is 8.90. The van der Waals surface area contributed by atoms with Crippen molar-refractivity contribution < 1.29 is 0 Å². The summed E-state index contributed by atoms with van der Waals surface area (Å²) in [6, 6.07) is 15.6. The SMILES string of the molecule is Cc1c(N2C=CN(C)[C@@H]2C)n(-c2c(C(C)C)cccc2C(C)C)c2ccccc12. The van der Waals surface area contributed by atoms with Crippen molar-refractivity contribution in [1.29, 1.82) is 0 Å². The van der Waals surface area contributed by atoms with E-state index in [0.29, 0.717) is 11.8 Å². The highest BCUT2D eigenvalue weighted by Gasteiger charge is 2.29. The summed E-state index contributed by atoms with van der Waals surface area (Å²) in [5.74, 6) is 2.17. The number of hydrogen-bond acceptors (Lipinski definition) is 2. The van der Waals surface area contributed by atoms with E-state index in [1.54, 1.807) is 0 Å². The Bertz CT molecular complexity index is 1040. The van der Waals surface area contributed by atoms with Crippen molar-refractivity contribution in [1.82, 2.24) is 9.47 Å². The van der Waals surface area contributed by atoms with E-state index < -0.39 is 0 Å². The molecule has 1 atom stereocenters. The van der Waals surface area contributed by atoms with E-state index in [0.717, 1.165) is 0 Å². The molecule has 1 aromatic heterocycles. The molecule has 2 heterocycles. The Balaban J connectivity index is 2.13. The highest BCUT2D eigenvalue weighted by molar-refractivity contribution is 5.93. The van der Waals surface area contributed by atoms with Crippen LogP contribution in [0.4, 0.5) is 5.82 Å². The Kier molecular flexibility index (Phi) is 4.94. The lowest BCUT2D eigenvalue weighted by Gasteiger charge is -2.31. The fraction of sp³-hybridized carbons (Fsp3) is 0.385. The Morgan fingerprint density at radius 3 is 2.00 bits per heavy atom. The van der Waals surface area contributed by atoms with Crippen molar-refractivity contribution in [2.75, 3.05) is 11.9 Å². The summed E-state index contributed by atoms with van der Waals surface area (Å²) in [4.78, 5) is 4.68. The number of fused-ring (bicyclic) bond motifs is 1. The third-order valence-electron chi connectivity index (χ3n) is 6.36. The molecule has 29 heavy (non-hydrogen) atoms. The number of aryl methyl sites for hydroxylation is 1. The first kappa shape index (κ1) is 19.6. The molecule has 3 nitrogen and oxygen atoms in total. The average molecular weight is 388 g/mol. The molecule has 0 saturated heterocycles. The Morgan fingerprint density at radius 1 is 0.828 bits per heavy atom. The summed E-state index contributed by atoms with van der Waals surface area (Å²) >= 11 is 0. The van der Waals surface area contributed by atoms with Crippen LogP contribution in [0.2, 0.25) is 0 Å². The van der Waals surface area contributed by atoms with E-state index in [-0.39, 0.29) is 6.17 Å². The van der Waals surface area contributed by atoms with Crippen LogP contribution in [0.1, 0.15) is 63.1 Å². The lowest BCUT2D eigenvalue weighted by molar-refractivity contribution is 0.381. The zero-order valence-corrected chi connectivity index (χ0v) is 18.8. The predicted molar refractivity (Wildman–Crippen MR) is 125 cm³/mol. The molecule has 3 aromatic rings. The molecule has 0 spiro atoms. The number of nitrogens with zero attached hydrogens (tertiary/aromatic N) is 3. The maximum atomic E-state index is 2.52. The zero-order valence-electron chi connectivity index (χ0n) is 18.8. The van der Waals surface area contributed by atoms with E-state index in [9.17, 15) is 0 Å². The molecule has 1 aliphatic heterocycles. The normalized spacial score (nSPS) is 16.8.